The van der Waals surface area contributed by atoms with Crippen molar-refractivity contribution in [1.29, 1.82) is 0 Å². The molecule has 2 aromatic rings. The molecule has 3 heterocycles. The summed E-state index contributed by atoms with van der Waals surface area (Å²) in [6, 6.07) is 0.352. The maximum absolute atomic E-state index is 14.6. The van der Waals surface area contributed by atoms with Crippen LogP contribution in [-0.2, 0) is 28.8 Å². The van der Waals surface area contributed by atoms with E-state index in [0.717, 1.165) is 10.6 Å². The van der Waals surface area contributed by atoms with Gasteiger partial charge in [0.25, 0.3) is 0 Å². The summed E-state index contributed by atoms with van der Waals surface area (Å²) in [6.45, 7) is 1.40. The molecular weight excluding hydrogens is 490 g/mol. The first-order valence-electron chi connectivity index (χ1n) is 10.5. The largest absolute Gasteiger partial charge is 0.449 e. The third-order valence-electron chi connectivity index (χ3n) is 5.98. The number of ether oxygens (including phenoxy) is 1. The monoisotopic (exact) mass is 512 g/mol. The quantitative estimate of drug-likeness (QED) is 0.331. The Morgan fingerprint density at radius 2 is 1.71 bits per heavy atom. The molecule has 188 valence electrons. The fourth-order valence-corrected chi connectivity index (χ4v) is 4.44. The van der Waals surface area contributed by atoms with Crippen LogP contribution in [0.3, 0.4) is 0 Å². The van der Waals surface area contributed by atoms with Crippen LogP contribution in [0.5, 0.6) is 0 Å². The summed E-state index contributed by atoms with van der Waals surface area (Å²) in [5.41, 5.74) is 0.155. The minimum Gasteiger partial charge on any atom is -0.378 e. The van der Waals surface area contributed by atoms with Crippen molar-refractivity contribution in [2.24, 2.45) is 0 Å². The maximum Gasteiger partial charge on any atom is 0.449 e. The van der Waals surface area contributed by atoms with Crippen LogP contribution in [0, 0.1) is 17.5 Å². The third-order valence-corrected chi connectivity index (χ3v) is 5.98. The fraction of sp³-hybridized carbons (Fsp3) is 0.524. The van der Waals surface area contributed by atoms with Crippen molar-refractivity contribution >= 4 is 24.5 Å². The van der Waals surface area contributed by atoms with E-state index >= 15 is 0 Å². The first-order chi connectivity index (χ1) is 15.7. The Balaban J connectivity index is 0.00000324. The highest BCUT2D eigenvalue weighted by molar-refractivity contribution is 5.85. The molecule has 1 aromatic carbocycles. The predicted molar refractivity (Wildman–Crippen MR) is 112 cm³/mol. The lowest BCUT2D eigenvalue weighted by Gasteiger charge is -2.37. The molecule has 6 nitrogen and oxygen atoms in total. The zero-order valence-corrected chi connectivity index (χ0v) is 18.8. The molecule has 0 saturated carbocycles. The summed E-state index contributed by atoms with van der Waals surface area (Å²) in [5.74, 6) is -4.39. The van der Waals surface area contributed by atoms with Crippen molar-refractivity contribution in [2.75, 3.05) is 37.7 Å². The number of benzene rings is 1. The molecule has 2 aliphatic rings. The molecule has 0 radical (unpaired) electrons. The van der Waals surface area contributed by atoms with Crippen LogP contribution >= 0.6 is 12.4 Å². The Kier molecular flexibility index (Phi) is 8.14. The first-order valence-corrected chi connectivity index (χ1v) is 10.5. The lowest BCUT2D eigenvalue weighted by Crippen LogP contribution is -2.40. The van der Waals surface area contributed by atoms with Gasteiger partial charge in [0.15, 0.2) is 17.5 Å². The van der Waals surface area contributed by atoms with Crippen molar-refractivity contribution in [3.8, 4) is 0 Å². The molecule has 2 aliphatic heterocycles. The summed E-state index contributed by atoms with van der Waals surface area (Å²) in [5, 5.41) is 0. The standard InChI is InChI=1S/C21H22F6N4O2.ClH/c22-14-11-16(24)15(23)10-13(14)17(2-1-7-32)30-3-4-31-18(12-30)19(28-20(31)21(25,26)27)29-5-8-33-9-6-29;/h7,10-11,17H,1-6,8-9,12H2;1H. The average Bonchev–Trinajstić information content (AvgIpc) is 3.17. The number of anilines is 1. The number of nitrogens with zero attached hydrogens (tertiary/aromatic N) is 4. The van der Waals surface area contributed by atoms with Crippen LogP contribution in [0.2, 0.25) is 0 Å². The van der Waals surface area contributed by atoms with Gasteiger partial charge in [0.05, 0.1) is 18.9 Å². The van der Waals surface area contributed by atoms with Crippen LogP contribution in [0.15, 0.2) is 12.1 Å². The molecule has 0 N–H and O–H groups in total. The average molecular weight is 513 g/mol. The molecule has 4 rings (SSSR count). The Bertz CT molecular complexity index is 1030. The van der Waals surface area contributed by atoms with E-state index in [1.165, 1.54) is 0 Å². The van der Waals surface area contributed by atoms with Gasteiger partial charge in [0.2, 0.25) is 5.82 Å². The molecule has 0 bridgehead atoms. The Morgan fingerprint density at radius 1 is 1.03 bits per heavy atom. The minimum atomic E-state index is -4.66. The summed E-state index contributed by atoms with van der Waals surface area (Å²) in [6.07, 6.45) is -3.92. The number of hydrogen-bond donors (Lipinski definition) is 0. The second-order valence-electron chi connectivity index (χ2n) is 7.97. The van der Waals surface area contributed by atoms with E-state index in [-0.39, 0.29) is 56.3 Å². The van der Waals surface area contributed by atoms with E-state index in [9.17, 15) is 31.1 Å². The number of rotatable bonds is 6. The van der Waals surface area contributed by atoms with Gasteiger partial charge in [-0.1, -0.05) is 0 Å². The van der Waals surface area contributed by atoms with E-state index in [1.807, 2.05) is 0 Å². The molecule has 34 heavy (non-hydrogen) atoms. The Labute approximate surface area is 197 Å². The topological polar surface area (TPSA) is 50.6 Å². The van der Waals surface area contributed by atoms with Gasteiger partial charge in [-0.3, -0.25) is 4.90 Å². The highest BCUT2D eigenvalue weighted by Crippen LogP contribution is 2.38. The molecule has 1 fully saturated rings. The summed E-state index contributed by atoms with van der Waals surface area (Å²) >= 11 is 0. The Hall–Kier alpha value is -2.31. The summed E-state index contributed by atoms with van der Waals surface area (Å²) in [4.78, 5) is 18.3. The molecule has 13 heteroatoms. The Morgan fingerprint density at radius 3 is 2.35 bits per heavy atom. The molecule has 1 atom stereocenters. The van der Waals surface area contributed by atoms with Crippen molar-refractivity contribution in [1.82, 2.24) is 14.5 Å². The number of imidazole rings is 1. The van der Waals surface area contributed by atoms with Crippen molar-refractivity contribution < 1.29 is 35.9 Å². The number of fused-ring (bicyclic) bond motifs is 1. The van der Waals surface area contributed by atoms with Gasteiger partial charge in [-0.2, -0.15) is 13.2 Å². The third kappa shape index (κ3) is 5.18. The van der Waals surface area contributed by atoms with Crippen molar-refractivity contribution in [3.63, 3.8) is 0 Å². The van der Waals surface area contributed by atoms with E-state index < -0.39 is 35.5 Å². The molecular formula is C21H23ClF6N4O2. The van der Waals surface area contributed by atoms with Gasteiger partial charge < -0.3 is 19.0 Å². The number of hydrogen-bond acceptors (Lipinski definition) is 5. The van der Waals surface area contributed by atoms with Gasteiger partial charge in [0.1, 0.15) is 12.1 Å². The van der Waals surface area contributed by atoms with Gasteiger partial charge in [-0.25, -0.2) is 18.2 Å². The van der Waals surface area contributed by atoms with Gasteiger partial charge in [-0.05, 0) is 12.5 Å². The SMILES string of the molecule is Cl.O=CCCC(c1cc(F)c(F)cc1F)N1CCn2c(C(F)(F)F)nc(N3CCOCC3)c2C1. The zero-order valence-electron chi connectivity index (χ0n) is 18.0. The van der Waals surface area contributed by atoms with Gasteiger partial charge >= 0.3 is 6.18 Å². The molecule has 1 unspecified atom stereocenters. The molecule has 1 aromatic heterocycles. The van der Waals surface area contributed by atoms with E-state index in [1.54, 1.807) is 9.80 Å². The number of morpholine rings is 1. The van der Waals surface area contributed by atoms with Crippen LogP contribution in [0.1, 0.15) is 36.0 Å². The lowest BCUT2D eigenvalue weighted by atomic mass is 9.98. The second-order valence-corrected chi connectivity index (χ2v) is 7.97. The van der Waals surface area contributed by atoms with E-state index in [2.05, 4.69) is 4.98 Å². The number of aromatic nitrogens is 2. The number of carbonyl (C=O) groups excluding carboxylic acids is 1. The number of halogens is 7. The van der Waals surface area contributed by atoms with Crippen molar-refractivity contribution in [3.05, 3.63) is 46.7 Å². The summed E-state index contributed by atoms with van der Waals surface area (Å²) in [7, 11) is 0. The van der Waals surface area contributed by atoms with E-state index in [4.69, 9.17) is 4.74 Å². The second kappa shape index (κ2) is 10.5. The van der Waals surface area contributed by atoms with Crippen LogP contribution in [0.4, 0.5) is 32.2 Å². The summed E-state index contributed by atoms with van der Waals surface area (Å²) < 4.78 is 89.4. The predicted octanol–water partition coefficient (Wildman–Crippen LogP) is 4.11. The van der Waals surface area contributed by atoms with Gasteiger partial charge in [-0.15, -0.1) is 12.4 Å². The number of carbonyl (C=O) groups is 1. The molecule has 0 amide bonds. The van der Waals surface area contributed by atoms with Crippen LogP contribution in [0.25, 0.3) is 0 Å². The normalized spacial score (nSPS) is 17.8. The molecule has 0 aliphatic carbocycles. The van der Waals surface area contributed by atoms with E-state index in [0.29, 0.717) is 44.3 Å². The molecule has 1 saturated heterocycles. The lowest BCUT2D eigenvalue weighted by molar-refractivity contribution is -0.147. The number of aldehydes is 1. The first kappa shape index (κ1) is 26.3. The highest BCUT2D eigenvalue weighted by atomic mass is 35.5. The fourth-order valence-electron chi connectivity index (χ4n) is 4.44. The maximum atomic E-state index is 14.6. The van der Waals surface area contributed by atoms with Gasteiger partial charge in [0, 0.05) is 56.8 Å². The van der Waals surface area contributed by atoms with Crippen LogP contribution < -0.4 is 4.90 Å². The zero-order chi connectivity index (χ0) is 23.8. The van der Waals surface area contributed by atoms with Crippen molar-refractivity contribution in [2.45, 2.75) is 38.1 Å². The van der Waals surface area contributed by atoms with Crippen LogP contribution in [-0.4, -0.2) is 53.6 Å². The minimum absolute atomic E-state index is 0. The smallest absolute Gasteiger partial charge is 0.378 e. The number of alkyl halides is 3. The molecule has 0 spiro atoms. The highest BCUT2D eigenvalue weighted by Gasteiger charge is 2.42.